The standard InChI is InChI=1S/C19H21BrN2O4/c1-4-25-19(24)12(2)13(3)21-22-17(23)11-26-16-10-9-14-7-5-6-8-15(14)18(16)20/h5-10,12H,4,11H2,1-3H3,(H,22,23)/t12-/m1/s1. The van der Waals surface area contributed by atoms with Crippen molar-refractivity contribution in [3.63, 3.8) is 0 Å². The maximum Gasteiger partial charge on any atom is 0.314 e. The van der Waals surface area contributed by atoms with E-state index in [1.54, 1.807) is 26.8 Å². The van der Waals surface area contributed by atoms with E-state index in [1.165, 1.54) is 0 Å². The van der Waals surface area contributed by atoms with Gasteiger partial charge in [0.15, 0.2) is 6.61 Å². The number of nitrogens with one attached hydrogen (secondary N) is 1. The predicted octanol–water partition coefficient (Wildman–Crippen LogP) is 3.67. The third-order valence-corrected chi connectivity index (χ3v) is 4.63. The number of hydrogen-bond donors (Lipinski definition) is 1. The molecule has 0 aliphatic heterocycles. The number of carbonyl (C=O) groups excluding carboxylic acids is 2. The molecule has 0 bridgehead atoms. The zero-order chi connectivity index (χ0) is 19.1. The molecule has 1 amide bonds. The van der Waals surface area contributed by atoms with Crippen molar-refractivity contribution in [1.82, 2.24) is 5.43 Å². The van der Waals surface area contributed by atoms with E-state index < -0.39 is 11.8 Å². The van der Waals surface area contributed by atoms with Crippen LogP contribution in [-0.2, 0) is 14.3 Å². The quantitative estimate of drug-likeness (QED) is 0.421. The number of nitrogens with zero attached hydrogens (tertiary/aromatic N) is 1. The van der Waals surface area contributed by atoms with Gasteiger partial charge in [0.05, 0.1) is 17.0 Å². The molecule has 0 unspecified atom stereocenters. The van der Waals surface area contributed by atoms with Gasteiger partial charge in [0, 0.05) is 5.71 Å². The first-order chi connectivity index (χ1) is 12.4. The number of hydrazone groups is 1. The van der Waals surface area contributed by atoms with Crippen LogP contribution in [0.3, 0.4) is 0 Å². The fraction of sp³-hybridized carbons (Fsp3) is 0.316. The Bertz CT molecular complexity index is 835. The maximum absolute atomic E-state index is 11.9. The highest BCUT2D eigenvalue weighted by molar-refractivity contribution is 9.10. The molecule has 0 radical (unpaired) electrons. The Balaban J connectivity index is 1.94. The van der Waals surface area contributed by atoms with Gasteiger partial charge in [-0.05, 0) is 53.5 Å². The molecule has 0 saturated heterocycles. The van der Waals surface area contributed by atoms with E-state index in [1.807, 2.05) is 30.3 Å². The van der Waals surface area contributed by atoms with Crippen molar-refractivity contribution >= 4 is 44.3 Å². The van der Waals surface area contributed by atoms with Gasteiger partial charge in [-0.3, -0.25) is 9.59 Å². The lowest BCUT2D eigenvalue weighted by atomic mass is 10.1. The number of amides is 1. The lowest BCUT2D eigenvalue weighted by Gasteiger charge is -2.11. The van der Waals surface area contributed by atoms with Crippen molar-refractivity contribution in [2.45, 2.75) is 20.8 Å². The summed E-state index contributed by atoms with van der Waals surface area (Å²) in [6.07, 6.45) is 0. The number of carbonyl (C=O) groups is 2. The first kappa shape index (κ1) is 19.9. The zero-order valence-corrected chi connectivity index (χ0v) is 16.5. The minimum Gasteiger partial charge on any atom is -0.483 e. The van der Waals surface area contributed by atoms with Crippen molar-refractivity contribution in [2.75, 3.05) is 13.2 Å². The molecule has 26 heavy (non-hydrogen) atoms. The van der Waals surface area contributed by atoms with Crippen LogP contribution in [0.1, 0.15) is 20.8 Å². The number of rotatable bonds is 7. The molecule has 0 heterocycles. The Morgan fingerprint density at radius 3 is 2.69 bits per heavy atom. The highest BCUT2D eigenvalue weighted by atomic mass is 79.9. The minimum absolute atomic E-state index is 0.193. The number of ether oxygens (including phenoxy) is 2. The van der Waals surface area contributed by atoms with Crippen LogP contribution in [0.15, 0.2) is 46.0 Å². The summed E-state index contributed by atoms with van der Waals surface area (Å²) in [5.41, 5.74) is 2.85. The first-order valence-corrected chi connectivity index (χ1v) is 9.03. The molecule has 138 valence electrons. The summed E-state index contributed by atoms with van der Waals surface area (Å²) in [7, 11) is 0. The molecule has 0 fully saturated rings. The van der Waals surface area contributed by atoms with Crippen molar-refractivity contribution in [1.29, 1.82) is 0 Å². The van der Waals surface area contributed by atoms with E-state index in [9.17, 15) is 9.59 Å². The molecular weight excluding hydrogens is 400 g/mol. The Morgan fingerprint density at radius 2 is 1.96 bits per heavy atom. The lowest BCUT2D eigenvalue weighted by molar-refractivity contribution is -0.145. The van der Waals surface area contributed by atoms with Crippen molar-refractivity contribution in [2.24, 2.45) is 11.0 Å². The highest BCUT2D eigenvalue weighted by Crippen LogP contribution is 2.32. The number of fused-ring (bicyclic) bond motifs is 1. The van der Waals surface area contributed by atoms with Crippen LogP contribution in [0.5, 0.6) is 5.75 Å². The van der Waals surface area contributed by atoms with Gasteiger partial charge in [0.25, 0.3) is 5.91 Å². The summed E-state index contributed by atoms with van der Waals surface area (Å²) in [4.78, 5) is 23.6. The Labute approximate surface area is 160 Å². The molecule has 1 N–H and O–H groups in total. The van der Waals surface area contributed by atoms with E-state index in [0.717, 1.165) is 15.2 Å². The van der Waals surface area contributed by atoms with Gasteiger partial charge < -0.3 is 9.47 Å². The van der Waals surface area contributed by atoms with Crippen molar-refractivity contribution in [3.8, 4) is 5.75 Å². The molecule has 6 nitrogen and oxygen atoms in total. The number of esters is 1. The molecular formula is C19H21BrN2O4. The second-order valence-electron chi connectivity index (χ2n) is 5.65. The maximum atomic E-state index is 11.9. The van der Waals surface area contributed by atoms with E-state index >= 15 is 0 Å². The van der Waals surface area contributed by atoms with E-state index in [2.05, 4.69) is 26.5 Å². The van der Waals surface area contributed by atoms with Gasteiger partial charge in [0.1, 0.15) is 5.75 Å². The monoisotopic (exact) mass is 420 g/mol. The molecule has 0 aliphatic carbocycles. The zero-order valence-electron chi connectivity index (χ0n) is 14.9. The van der Waals surface area contributed by atoms with Crippen LogP contribution in [0.2, 0.25) is 0 Å². The van der Waals surface area contributed by atoms with Crippen LogP contribution in [0.25, 0.3) is 10.8 Å². The Hall–Kier alpha value is -2.41. The third-order valence-electron chi connectivity index (χ3n) is 3.81. The van der Waals surface area contributed by atoms with Gasteiger partial charge in [0.2, 0.25) is 0 Å². The van der Waals surface area contributed by atoms with Crippen LogP contribution >= 0.6 is 15.9 Å². The second-order valence-corrected chi connectivity index (χ2v) is 6.44. The minimum atomic E-state index is -0.522. The van der Waals surface area contributed by atoms with Crippen LogP contribution in [0.4, 0.5) is 0 Å². The van der Waals surface area contributed by atoms with Gasteiger partial charge in [-0.25, -0.2) is 5.43 Å². The summed E-state index contributed by atoms with van der Waals surface area (Å²) in [5, 5.41) is 6.01. The molecule has 2 rings (SSSR count). The predicted molar refractivity (Wildman–Crippen MR) is 104 cm³/mol. The average molecular weight is 421 g/mol. The fourth-order valence-corrected chi connectivity index (χ4v) is 2.79. The first-order valence-electron chi connectivity index (χ1n) is 8.23. The van der Waals surface area contributed by atoms with Gasteiger partial charge >= 0.3 is 5.97 Å². The second kappa shape index (κ2) is 9.33. The summed E-state index contributed by atoms with van der Waals surface area (Å²) in [6, 6.07) is 11.6. The molecule has 2 aromatic rings. The third kappa shape index (κ3) is 5.05. The van der Waals surface area contributed by atoms with E-state index in [-0.39, 0.29) is 12.6 Å². The van der Waals surface area contributed by atoms with Gasteiger partial charge in [-0.15, -0.1) is 0 Å². The van der Waals surface area contributed by atoms with Gasteiger partial charge in [-0.2, -0.15) is 5.10 Å². The molecule has 0 spiro atoms. The fourth-order valence-electron chi connectivity index (χ4n) is 2.19. The normalized spacial score (nSPS) is 12.5. The molecule has 0 aliphatic rings. The topological polar surface area (TPSA) is 77.0 Å². The SMILES string of the molecule is CCOC(=O)[C@H](C)C(C)=NNC(=O)COc1ccc2ccccc2c1Br. The molecule has 0 aromatic heterocycles. The average Bonchev–Trinajstić information content (AvgIpc) is 2.65. The Kier molecular flexibility index (Phi) is 7.15. The summed E-state index contributed by atoms with van der Waals surface area (Å²) in [5.74, 6) is -0.745. The van der Waals surface area contributed by atoms with E-state index in [0.29, 0.717) is 18.1 Å². The van der Waals surface area contributed by atoms with E-state index in [4.69, 9.17) is 9.47 Å². The number of benzene rings is 2. The van der Waals surface area contributed by atoms with Gasteiger partial charge in [-0.1, -0.05) is 30.3 Å². The molecule has 1 atom stereocenters. The molecule has 2 aromatic carbocycles. The number of halogens is 1. The highest BCUT2D eigenvalue weighted by Gasteiger charge is 2.17. The molecule has 7 heteroatoms. The Morgan fingerprint density at radius 1 is 1.23 bits per heavy atom. The van der Waals surface area contributed by atoms with Crippen LogP contribution in [-0.4, -0.2) is 30.8 Å². The summed E-state index contributed by atoms with van der Waals surface area (Å²) < 4.78 is 11.3. The van der Waals surface area contributed by atoms with Crippen LogP contribution in [0, 0.1) is 5.92 Å². The lowest BCUT2D eigenvalue weighted by Crippen LogP contribution is -2.28. The summed E-state index contributed by atoms with van der Waals surface area (Å²) in [6.45, 7) is 5.17. The number of hydrogen-bond acceptors (Lipinski definition) is 5. The molecule has 0 saturated carbocycles. The van der Waals surface area contributed by atoms with Crippen LogP contribution < -0.4 is 10.2 Å². The van der Waals surface area contributed by atoms with Crippen molar-refractivity contribution in [3.05, 3.63) is 40.9 Å². The largest absolute Gasteiger partial charge is 0.483 e. The smallest absolute Gasteiger partial charge is 0.314 e. The van der Waals surface area contributed by atoms with Crippen molar-refractivity contribution < 1.29 is 19.1 Å². The summed E-state index contributed by atoms with van der Waals surface area (Å²) >= 11 is 3.51.